The zero-order valence-corrected chi connectivity index (χ0v) is 13.9. The number of nitriles is 1. The number of carbonyl (C=O) groups excluding carboxylic acids is 1. The normalized spacial score (nSPS) is 14.4. The number of amides is 2. The Balaban J connectivity index is 1.63. The van der Waals surface area contributed by atoms with Crippen molar-refractivity contribution in [2.24, 2.45) is 0 Å². The fraction of sp³-hybridized carbons (Fsp3) is 0.438. The van der Waals surface area contributed by atoms with Crippen molar-refractivity contribution in [1.82, 2.24) is 15.2 Å². The number of methoxy groups -OCH3 is 1. The van der Waals surface area contributed by atoms with E-state index >= 15 is 0 Å². The van der Waals surface area contributed by atoms with Crippen LogP contribution in [-0.2, 0) is 4.74 Å². The Bertz CT molecular complexity index is 741. The monoisotopic (exact) mass is 345 g/mol. The molecule has 1 saturated heterocycles. The van der Waals surface area contributed by atoms with Crippen molar-refractivity contribution in [3.8, 4) is 17.7 Å². The second-order valence-corrected chi connectivity index (χ2v) is 5.46. The molecule has 2 aromatic heterocycles. The molecular formula is C16H19N5O4. The van der Waals surface area contributed by atoms with Crippen molar-refractivity contribution in [1.29, 1.82) is 5.26 Å². The third-order valence-electron chi connectivity index (χ3n) is 3.88. The first-order valence-corrected chi connectivity index (χ1v) is 7.94. The smallest absolute Gasteiger partial charge is 0.317 e. The lowest BCUT2D eigenvalue weighted by atomic mass is 10.3. The van der Waals surface area contributed by atoms with Gasteiger partial charge in [0, 0.05) is 39.8 Å². The summed E-state index contributed by atoms with van der Waals surface area (Å²) in [6.45, 7) is 3.12. The van der Waals surface area contributed by atoms with E-state index in [0.29, 0.717) is 51.0 Å². The summed E-state index contributed by atoms with van der Waals surface area (Å²) in [6, 6.07) is 5.38. The summed E-state index contributed by atoms with van der Waals surface area (Å²) in [5, 5.41) is 12.1. The molecule has 0 spiro atoms. The molecule has 1 aliphatic heterocycles. The third-order valence-corrected chi connectivity index (χ3v) is 3.88. The van der Waals surface area contributed by atoms with Crippen LogP contribution >= 0.6 is 0 Å². The summed E-state index contributed by atoms with van der Waals surface area (Å²) in [7, 11) is 1.59. The molecule has 1 aliphatic rings. The number of ether oxygens (including phenoxy) is 1. The third kappa shape index (κ3) is 3.75. The number of hydrogen-bond acceptors (Lipinski definition) is 7. The number of rotatable bonds is 5. The van der Waals surface area contributed by atoms with Crippen LogP contribution in [0.1, 0.15) is 5.69 Å². The maximum atomic E-state index is 12.0. The van der Waals surface area contributed by atoms with Gasteiger partial charge < -0.3 is 28.7 Å². The van der Waals surface area contributed by atoms with Crippen LogP contribution in [0.3, 0.4) is 0 Å². The van der Waals surface area contributed by atoms with Gasteiger partial charge in [0.15, 0.2) is 5.76 Å². The van der Waals surface area contributed by atoms with Gasteiger partial charge in [-0.25, -0.2) is 4.79 Å². The van der Waals surface area contributed by atoms with Crippen molar-refractivity contribution in [3.05, 3.63) is 24.1 Å². The molecule has 1 fully saturated rings. The quantitative estimate of drug-likeness (QED) is 0.813. The zero-order valence-electron chi connectivity index (χ0n) is 13.9. The van der Waals surface area contributed by atoms with Gasteiger partial charge in [-0.3, -0.25) is 0 Å². The van der Waals surface area contributed by atoms with E-state index in [0.717, 1.165) is 0 Å². The minimum absolute atomic E-state index is 0.119. The Hall–Kier alpha value is -2.99. The molecule has 25 heavy (non-hydrogen) atoms. The molecule has 0 aromatic carbocycles. The minimum atomic E-state index is -0.119. The lowest BCUT2D eigenvalue weighted by Gasteiger charge is -2.34. The highest BCUT2D eigenvalue weighted by molar-refractivity contribution is 5.74. The van der Waals surface area contributed by atoms with Crippen molar-refractivity contribution in [3.63, 3.8) is 0 Å². The molecule has 0 atom stereocenters. The average Bonchev–Trinajstić information content (AvgIpc) is 3.31. The summed E-state index contributed by atoms with van der Waals surface area (Å²) in [4.78, 5) is 19.9. The number of aromatic nitrogens is 1. The number of carbonyl (C=O) groups is 1. The van der Waals surface area contributed by atoms with Crippen LogP contribution in [0.2, 0.25) is 0 Å². The molecule has 9 nitrogen and oxygen atoms in total. The van der Waals surface area contributed by atoms with Gasteiger partial charge >= 0.3 is 6.03 Å². The van der Waals surface area contributed by atoms with Gasteiger partial charge in [0.1, 0.15) is 6.07 Å². The Morgan fingerprint density at radius 2 is 2.24 bits per heavy atom. The number of hydrogen-bond donors (Lipinski definition) is 1. The summed E-state index contributed by atoms with van der Waals surface area (Å²) in [5.41, 5.74) is 0.212. The van der Waals surface area contributed by atoms with Crippen molar-refractivity contribution in [2.45, 2.75) is 0 Å². The first-order valence-electron chi connectivity index (χ1n) is 7.94. The topological polar surface area (TPSA) is 108 Å². The molecule has 3 rings (SSSR count). The molecule has 2 aromatic rings. The predicted octanol–water partition coefficient (Wildman–Crippen LogP) is 1.28. The lowest BCUT2D eigenvalue weighted by molar-refractivity contribution is 0.177. The van der Waals surface area contributed by atoms with Gasteiger partial charge in [-0.05, 0) is 12.1 Å². The van der Waals surface area contributed by atoms with Gasteiger partial charge in [0.2, 0.25) is 11.6 Å². The number of furan rings is 1. The van der Waals surface area contributed by atoms with Crippen LogP contribution in [0.4, 0.5) is 10.7 Å². The number of oxazole rings is 1. The number of piperazine rings is 1. The molecule has 1 N–H and O–H groups in total. The molecule has 3 heterocycles. The second kappa shape index (κ2) is 7.72. The fourth-order valence-electron chi connectivity index (χ4n) is 2.59. The van der Waals surface area contributed by atoms with E-state index in [2.05, 4.69) is 10.3 Å². The zero-order chi connectivity index (χ0) is 17.6. The summed E-state index contributed by atoms with van der Waals surface area (Å²) >= 11 is 0. The van der Waals surface area contributed by atoms with Crippen LogP contribution in [0, 0.1) is 11.3 Å². The Kier molecular flexibility index (Phi) is 5.20. The van der Waals surface area contributed by atoms with E-state index in [9.17, 15) is 10.1 Å². The first kappa shape index (κ1) is 16.9. The molecule has 9 heteroatoms. The maximum absolute atomic E-state index is 12.0. The van der Waals surface area contributed by atoms with Gasteiger partial charge in [-0.15, -0.1) is 0 Å². The van der Waals surface area contributed by atoms with Gasteiger partial charge in [0.05, 0.1) is 12.9 Å². The van der Waals surface area contributed by atoms with E-state index in [4.69, 9.17) is 13.6 Å². The number of urea groups is 1. The molecule has 0 aliphatic carbocycles. The lowest BCUT2D eigenvalue weighted by Crippen LogP contribution is -2.52. The summed E-state index contributed by atoms with van der Waals surface area (Å²) < 4.78 is 15.9. The maximum Gasteiger partial charge on any atom is 0.317 e. The van der Waals surface area contributed by atoms with Crippen molar-refractivity contribution >= 4 is 11.9 Å². The van der Waals surface area contributed by atoms with Crippen LogP contribution in [-0.4, -0.2) is 62.4 Å². The average molecular weight is 345 g/mol. The number of nitrogens with zero attached hydrogens (tertiary/aromatic N) is 4. The van der Waals surface area contributed by atoms with Gasteiger partial charge in [0.25, 0.3) is 5.89 Å². The van der Waals surface area contributed by atoms with Crippen LogP contribution in [0.5, 0.6) is 0 Å². The highest BCUT2D eigenvalue weighted by Gasteiger charge is 2.26. The van der Waals surface area contributed by atoms with E-state index < -0.39 is 0 Å². The molecule has 132 valence electrons. The Labute approximate surface area is 144 Å². The Morgan fingerprint density at radius 3 is 2.88 bits per heavy atom. The predicted molar refractivity (Wildman–Crippen MR) is 88.0 cm³/mol. The van der Waals surface area contributed by atoms with Crippen molar-refractivity contribution in [2.75, 3.05) is 51.3 Å². The second-order valence-electron chi connectivity index (χ2n) is 5.46. The van der Waals surface area contributed by atoms with E-state index in [-0.39, 0.29) is 17.6 Å². The van der Waals surface area contributed by atoms with Gasteiger partial charge in [-0.1, -0.05) is 0 Å². The summed E-state index contributed by atoms with van der Waals surface area (Å²) in [6.07, 6.45) is 1.52. The molecule has 0 unspecified atom stereocenters. The highest BCUT2D eigenvalue weighted by Crippen LogP contribution is 2.28. The SMILES string of the molecule is COCCNC(=O)N1CCN(c2oc(-c3ccco3)nc2C#N)CC1. The molecule has 0 radical (unpaired) electrons. The Morgan fingerprint density at radius 1 is 1.44 bits per heavy atom. The molecule has 0 saturated carbocycles. The van der Waals surface area contributed by atoms with E-state index in [1.165, 1.54) is 6.26 Å². The molecule has 2 amide bonds. The first-order chi connectivity index (χ1) is 12.2. The largest absolute Gasteiger partial charge is 0.459 e. The molecule has 0 bridgehead atoms. The van der Waals surface area contributed by atoms with Gasteiger partial charge in [-0.2, -0.15) is 10.2 Å². The number of anilines is 1. The summed E-state index contributed by atoms with van der Waals surface area (Å²) in [5.74, 6) is 1.16. The van der Waals surface area contributed by atoms with Crippen molar-refractivity contribution < 1.29 is 18.4 Å². The van der Waals surface area contributed by atoms with Crippen LogP contribution in [0.15, 0.2) is 27.2 Å². The minimum Gasteiger partial charge on any atom is -0.459 e. The molecular weight excluding hydrogens is 326 g/mol. The van der Waals surface area contributed by atoms with E-state index in [1.807, 2.05) is 11.0 Å². The number of nitrogens with one attached hydrogen (secondary N) is 1. The van der Waals surface area contributed by atoms with Crippen LogP contribution in [0.25, 0.3) is 11.7 Å². The fourth-order valence-corrected chi connectivity index (χ4v) is 2.59. The highest BCUT2D eigenvalue weighted by atomic mass is 16.5. The standard InChI is InChI=1S/C16H19N5O4/c1-23-10-4-18-16(22)21-7-5-20(6-8-21)15-12(11-17)19-14(25-15)13-3-2-9-24-13/h2-3,9H,4-8,10H2,1H3,(H,18,22). The van der Waals surface area contributed by atoms with Crippen LogP contribution < -0.4 is 10.2 Å². The van der Waals surface area contributed by atoms with E-state index in [1.54, 1.807) is 24.1 Å².